The lowest BCUT2D eigenvalue weighted by Crippen LogP contribution is -2.54. The third-order valence-corrected chi connectivity index (χ3v) is 2.76. The summed E-state index contributed by atoms with van der Waals surface area (Å²) in [5.74, 6) is -1.35. The molecule has 1 saturated heterocycles. The van der Waals surface area contributed by atoms with Gasteiger partial charge in [0.05, 0.1) is 0 Å². The van der Waals surface area contributed by atoms with E-state index in [-0.39, 0.29) is 30.2 Å². The molecule has 6 nitrogen and oxygen atoms in total. The van der Waals surface area contributed by atoms with Gasteiger partial charge in [-0.15, -0.1) is 0 Å². The van der Waals surface area contributed by atoms with Crippen LogP contribution in [0.5, 0.6) is 0 Å². The highest BCUT2D eigenvalue weighted by atomic mass is 16.2. The largest absolute Gasteiger partial charge is 0.344 e. The van der Waals surface area contributed by atoms with Crippen LogP contribution >= 0.6 is 0 Å². The van der Waals surface area contributed by atoms with E-state index in [1.165, 1.54) is 0 Å². The quantitative estimate of drug-likeness (QED) is 0.532. The number of amides is 3. The third kappa shape index (κ3) is 3.03. The smallest absolute Gasteiger partial charge is 0.249 e. The number of rotatable bonds is 3. The topological polar surface area (TPSA) is 101 Å². The Hall–Kier alpha value is -1.43. The van der Waals surface area contributed by atoms with Crippen molar-refractivity contribution in [3.8, 4) is 0 Å². The first-order valence-corrected chi connectivity index (χ1v) is 5.31. The molecule has 0 aliphatic carbocycles. The number of nitrogens with one attached hydrogen (secondary N) is 2. The van der Waals surface area contributed by atoms with Gasteiger partial charge in [0, 0.05) is 18.4 Å². The molecule has 6 heteroatoms. The molecule has 1 fully saturated rings. The van der Waals surface area contributed by atoms with Crippen molar-refractivity contribution >= 4 is 17.7 Å². The Labute approximate surface area is 93.9 Å². The maximum absolute atomic E-state index is 11.6. The average Bonchev–Trinajstić information content (AvgIpc) is 2.20. The van der Waals surface area contributed by atoms with E-state index in [1.807, 2.05) is 0 Å². The molecule has 0 bridgehead atoms. The molecule has 1 aliphatic rings. The lowest BCUT2D eigenvalue weighted by Gasteiger charge is -2.24. The van der Waals surface area contributed by atoms with Crippen LogP contribution in [0.15, 0.2) is 0 Å². The molecular weight excluding hydrogens is 210 g/mol. The number of nitrogens with two attached hydrogens (primary N) is 1. The number of carbonyl (C=O) groups is 3. The van der Waals surface area contributed by atoms with Crippen molar-refractivity contribution in [3.63, 3.8) is 0 Å². The number of carbonyl (C=O) groups excluding carboxylic acids is 3. The molecule has 3 amide bonds. The number of hydrogen-bond donors (Lipinski definition) is 3. The summed E-state index contributed by atoms with van der Waals surface area (Å²) in [5.41, 5.74) is 5.58. The maximum atomic E-state index is 11.6. The van der Waals surface area contributed by atoms with Gasteiger partial charge in [0.15, 0.2) is 0 Å². The van der Waals surface area contributed by atoms with Crippen LogP contribution in [0.2, 0.25) is 0 Å². The minimum atomic E-state index is -0.619. The van der Waals surface area contributed by atoms with E-state index >= 15 is 0 Å². The highest BCUT2D eigenvalue weighted by molar-refractivity contribution is 6.01. The summed E-state index contributed by atoms with van der Waals surface area (Å²) in [7, 11) is 0. The van der Waals surface area contributed by atoms with Crippen LogP contribution in [0.4, 0.5) is 0 Å². The molecule has 90 valence electrons. The normalized spacial score (nSPS) is 24.6. The molecule has 0 spiro atoms. The highest BCUT2D eigenvalue weighted by Gasteiger charge is 2.29. The Balaban J connectivity index is 2.51. The molecule has 0 radical (unpaired) electrons. The monoisotopic (exact) mass is 227 g/mol. The van der Waals surface area contributed by atoms with E-state index in [1.54, 1.807) is 13.8 Å². The lowest BCUT2D eigenvalue weighted by atomic mass is 10.0. The van der Waals surface area contributed by atoms with Crippen molar-refractivity contribution in [1.29, 1.82) is 0 Å². The molecule has 0 aromatic heterocycles. The summed E-state index contributed by atoms with van der Waals surface area (Å²) >= 11 is 0. The molecule has 0 aromatic carbocycles. The third-order valence-electron chi connectivity index (χ3n) is 2.76. The lowest BCUT2D eigenvalue weighted by molar-refractivity contribution is -0.138. The fourth-order valence-electron chi connectivity index (χ4n) is 1.37. The zero-order valence-electron chi connectivity index (χ0n) is 9.45. The van der Waals surface area contributed by atoms with Crippen LogP contribution in [-0.4, -0.2) is 29.8 Å². The molecule has 1 aliphatic heterocycles. The first kappa shape index (κ1) is 12.6. The SMILES string of the molecule is CC(N)C(C)C(=O)NC1CCC(=O)NC1=O. The van der Waals surface area contributed by atoms with Gasteiger partial charge in [-0.05, 0) is 13.3 Å². The van der Waals surface area contributed by atoms with E-state index in [0.29, 0.717) is 6.42 Å². The van der Waals surface area contributed by atoms with Crippen LogP contribution in [-0.2, 0) is 14.4 Å². The first-order chi connectivity index (χ1) is 7.41. The fraction of sp³-hybridized carbons (Fsp3) is 0.700. The Morgan fingerprint density at radius 2 is 2.12 bits per heavy atom. The van der Waals surface area contributed by atoms with E-state index in [4.69, 9.17) is 5.73 Å². The molecular formula is C10H17N3O3. The van der Waals surface area contributed by atoms with Gasteiger partial charge in [-0.1, -0.05) is 6.92 Å². The van der Waals surface area contributed by atoms with Gasteiger partial charge >= 0.3 is 0 Å². The molecule has 4 N–H and O–H groups in total. The van der Waals surface area contributed by atoms with E-state index in [0.717, 1.165) is 0 Å². The van der Waals surface area contributed by atoms with Crippen LogP contribution in [0.3, 0.4) is 0 Å². The second-order valence-corrected chi connectivity index (χ2v) is 4.16. The zero-order valence-corrected chi connectivity index (χ0v) is 9.45. The summed E-state index contributed by atoms with van der Waals surface area (Å²) in [5, 5.41) is 4.77. The fourth-order valence-corrected chi connectivity index (χ4v) is 1.37. The second-order valence-electron chi connectivity index (χ2n) is 4.16. The molecule has 0 saturated carbocycles. The Bertz CT molecular complexity index is 314. The van der Waals surface area contributed by atoms with Crippen molar-refractivity contribution in [1.82, 2.24) is 10.6 Å². The predicted molar refractivity (Wildman–Crippen MR) is 57.1 cm³/mol. The molecule has 16 heavy (non-hydrogen) atoms. The Morgan fingerprint density at radius 1 is 1.50 bits per heavy atom. The van der Waals surface area contributed by atoms with Gasteiger partial charge in [-0.2, -0.15) is 0 Å². The Kier molecular flexibility index (Phi) is 4.00. The van der Waals surface area contributed by atoms with E-state index in [2.05, 4.69) is 10.6 Å². The van der Waals surface area contributed by atoms with Crippen molar-refractivity contribution in [2.45, 2.75) is 38.8 Å². The van der Waals surface area contributed by atoms with Gasteiger partial charge < -0.3 is 11.1 Å². The number of piperidine rings is 1. The summed E-state index contributed by atoms with van der Waals surface area (Å²) in [6, 6.07) is -0.889. The maximum Gasteiger partial charge on any atom is 0.249 e. The molecule has 3 atom stereocenters. The summed E-state index contributed by atoms with van der Waals surface area (Å²) in [6.45, 7) is 3.43. The van der Waals surface area contributed by atoms with Crippen LogP contribution in [0.25, 0.3) is 0 Å². The standard InChI is InChI=1S/C10H17N3O3/c1-5(6(2)11)9(15)12-7-3-4-8(14)13-10(7)16/h5-7H,3-4,11H2,1-2H3,(H,12,15)(H,13,14,16). The van der Waals surface area contributed by atoms with Gasteiger partial charge in [0.1, 0.15) is 6.04 Å². The summed E-state index contributed by atoms with van der Waals surface area (Å²) in [6.07, 6.45) is 0.603. The van der Waals surface area contributed by atoms with Crippen molar-refractivity contribution in [2.75, 3.05) is 0 Å². The van der Waals surface area contributed by atoms with Gasteiger partial charge in [0.2, 0.25) is 17.7 Å². The molecule has 3 unspecified atom stereocenters. The second kappa shape index (κ2) is 5.07. The van der Waals surface area contributed by atoms with Crippen LogP contribution in [0, 0.1) is 5.92 Å². The average molecular weight is 227 g/mol. The Morgan fingerprint density at radius 3 is 2.62 bits per heavy atom. The van der Waals surface area contributed by atoms with Gasteiger partial charge in [-0.3, -0.25) is 19.7 Å². The van der Waals surface area contributed by atoms with Crippen LogP contribution < -0.4 is 16.4 Å². The first-order valence-electron chi connectivity index (χ1n) is 5.31. The zero-order chi connectivity index (χ0) is 12.3. The predicted octanol–water partition coefficient (Wildman–Crippen LogP) is -1.11. The minimum absolute atomic E-state index is 0.253. The minimum Gasteiger partial charge on any atom is -0.344 e. The van der Waals surface area contributed by atoms with E-state index in [9.17, 15) is 14.4 Å². The number of hydrogen-bond acceptors (Lipinski definition) is 4. The molecule has 1 heterocycles. The summed E-state index contributed by atoms with van der Waals surface area (Å²) < 4.78 is 0. The van der Waals surface area contributed by atoms with Crippen LogP contribution in [0.1, 0.15) is 26.7 Å². The van der Waals surface area contributed by atoms with Crippen molar-refractivity contribution in [3.05, 3.63) is 0 Å². The highest BCUT2D eigenvalue weighted by Crippen LogP contribution is 2.07. The van der Waals surface area contributed by atoms with Gasteiger partial charge in [-0.25, -0.2) is 0 Å². The van der Waals surface area contributed by atoms with E-state index < -0.39 is 11.9 Å². The van der Waals surface area contributed by atoms with Gasteiger partial charge in [0.25, 0.3) is 0 Å². The molecule has 1 rings (SSSR count). The summed E-state index contributed by atoms with van der Waals surface area (Å²) in [4.78, 5) is 33.9. The number of imide groups is 1. The van der Waals surface area contributed by atoms with Crippen molar-refractivity contribution < 1.29 is 14.4 Å². The molecule has 0 aromatic rings. The van der Waals surface area contributed by atoms with Crippen molar-refractivity contribution in [2.24, 2.45) is 11.7 Å².